The minimum atomic E-state index is -0.0625. The first-order valence-corrected chi connectivity index (χ1v) is 15.0. The van der Waals surface area contributed by atoms with Crippen LogP contribution in [0.5, 0.6) is 0 Å². The second-order valence-corrected chi connectivity index (χ2v) is 12.5. The lowest BCUT2D eigenvalue weighted by molar-refractivity contribution is 0.660. The average molecular weight is 544 g/mol. The average Bonchev–Trinajstić information content (AvgIpc) is 3.50. The topological polar surface area (TPSA) is 3.24 Å². The minimum Gasteiger partial charge on any atom is -0.310 e. The molecule has 0 saturated carbocycles. The van der Waals surface area contributed by atoms with Gasteiger partial charge in [-0.05, 0) is 81.9 Å². The Morgan fingerprint density at radius 2 is 1.12 bits per heavy atom. The van der Waals surface area contributed by atoms with Crippen LogP contribution in [-0.2, 0) is 5.41 Å². The van der Waals surface area contributed by atoms with Gasteiger partial charge in [-0.1, -0.05) is 105 Å². The van der Waals surface area contributed by atoms with E-state index in [0.29, 0.717) is 0 Å². The molecule has 196 valence electrons. The van der Waals surface area contributed by atoms with Crippen LogP contribution in [0.2, 0.25) is 0 Å². The first kappa shape index (κ1) is 24.2. The molecule has 1 nitrogen and oxygen atoms in total. The largest absolute Gasteiger partial charge is 0.310 e. The Hall–Kier alpha value is -4.66. The van der Waals surface area contributed by atoms with Crippen molar-refractivity contribution < 1.29 is 0 Å². The van der Waals surface area contributed by atoms with Crippen LogP contribution in [0.4, 0.5) is 17.1 Å². The molecule has 0 N–H and O–H groups in total. The van der Waals surface area contributed by atoms with Gasteiger partial charge in [0.2, 0.25) is 0 Å². The fourth-order valence-corrected chi connectivity index (χ4v) is 7.67. The molecular formula is C39H29NS. The van der Waals surface area contributed by atoms with E-state index in [1.165, 1.54) is 64.9 Å². The lowest BCUT2D eigenvalue weighted by Gasteiger charge is -2.28. The zero-order valence-corrected chi connectivity index (χ0v) is 24.0. The molecule has 1 heterocycles. The molecule has 0 unspecified atom stereocenters. The van der Waals surface area contributed by atoms with Crippen molar-refractivity contribution >= 4 is 48.6 Å². The molecular weight excluding hydrogens is 515 g/mol. The number of fused-ring (bicyclic) bond motifs is 6. The maximum absolute atomic E-state index is 2.43. The van der Waals surface area contributed by atoms with Gasteiger partial charge in [0.1, 0.15) is 0 Å². The van der Waals surface area contributed by atoms with Crippen LogP contribution in [0.25, 0.3) is 42.4 Å². The number of nitrogens with zero attached hydrogens (tertiary/aromatic N) is 1. The van der Waals surface area contributed by atoms with E-state index in [1.54, 1.807) is 0 Å². The lowest BCUT2D eigenvalue weighted by atomic mass is 9.82. The van der Waals surface area contributed by atoms with E-state index in [-0.39, 0.29) is 5.41 Å². The summed E-state index contributed by atoms with van der Waals surface area (Å²) in [6, 6.07) is 51.2. The van der Waals surface area contributed by atoms with Gasteiger partial charge in [0, 0.05) is 42.6 Å². The molecule has 1 aliphatic carbocycles. The van der Waals surface area contributed by atoms with Crippen LogP contribution in [0.15, 0.2) is 140 Å². The van der Waals surface area contributed by atoms with Gasteiger partial charge < -0.3 is 4.90 Å². The van der Waals surface area contributed by atoms with Gasteiger partial charge in [-0.15, -0.1) is 11.3 Å². The van der Waals surface area contributed by atoms with E-state index in [0.717, 1.165) is 5.69 Å². The minimum absolute atomic E-state index is 0.0625. The van der Waals surface area contributed by atoms with Gasteiger partial charge in [0.25, 0.3) is 0 Å². The number of thiophene rings is 1. The third-order valence-electron chi connectivity index (χ3n) is 8.66. The van der Waals surface area contributed by atoms with Crippen molar-refractivity contribution in [3.8, 4) is 22.3 Å². The van der Waals surface area contributed by atoms with E-state index >= 15 is 0 Å². The van der Waals surface area contributed by atoms with Crippen molar-refractivity contribution in [2.75, 3.05) is 4.90 Å². The number of hydrogen-bond donors (Lipinski definition) is 0. The van der Waals surface area contributed by atoms with Crippen molar-refractivity contribution in [2.45, 2.75) is 19.3 Å². The predicted molar refractivity (Wildman–Crippen MR) is 177 cm³/mol. The van der Waals surface area contributed by atoms with Gasteiger partial charge in [-0.3, -0.25) is 0 Å². The van der Waals surface area contributed by atoms with Gasteiger partial charge >= 0.3 is 0 Å². The summed E-state index contributed by atoms with van der Waals surface area (Å²) >= 11 is 1.86. The molecule has 0 bridgehead atoms. The monoisotopic (exact) mass is 543 g/mol. The molecule has 1 aliphatic rings. The van der Waals surface area contributed by atoms with E-state index in [2.05, 4.69) is 158 Å². The molecule has 7 aromatic rings. The normalized spacial score (nSPS) is 13.3. The Balaban J connectivity index is 1.35. The quantitative estimate of drug-likeness (QED) is 0.213. The number of benzene rings is 6. The molecule has 2 heteroatoms. The van der Waals surface area contributed by atoms with Crippen LogP contribution in [0.1, 0.15) is 25.0 Å². The summed E-state index contributed by atoms with van der Waals surface area (Å²) < 4.78 is 2.65. The van der Waals surface area contributed by atoms with Crippen molar-refractivity contribution in [2.24, 2.45) is 0 Å². The van der Waals surface area contributed by atoms with Crippen LogP contribution in [0.3, 0.4) is 0 Å². The summed E-state index contributed by atoms with van der Waals surface area (Å²) in [5.41, 5.74) is 11.3. The SMILES string of the molecule is CC1(C)c2ccccc2-c2ccc(N(c3cccc(-c4ccccc4)c3)c3ccc4sc5ccccc5c4c3)cc21. The molecule has 0 aliphatic heterocycles. The van der Waals surface area contributed by atoms with Gasteiger partial charge in [-0.2, -0.15) is 0 Å². The van der Waals surface area contributed by atoms with Crippen molar-refractivity contribution in [3.05, 3.63) is 151 Å². The highest BCUT2D eigenvalue weighted by Crippen LogP contribution is 2.51. The standard InChI is InChI=1S/C39H29NS/c1-39(2)35-17-8-6-15-31(35)32-21-19-30(25-36(32)39)40(28-14-10-13-27(23-28)26-11-4-3-5-12-26)29-20-22-38-34(24-29)33-16-7-9-18-37(33)41-38/h3-25H,1-2H3. The molecule has 0 atom stereocenters. The smallest absolute Gasteiger partial charge is 0.0468 e. The van der Waals surface area contributed by atoms with E-state index < -0.39 is 0 Å². The Morgan fingerprint density at radius 3 is 2.02 bits per heavy atom. The highest BCUT2D eigenvalue weighted by molar-refractivity contribution is 7.25. The zero-order valence-electron chi connectivity index (χ0n) is 23.1. The molecule has 0 spiro atoms. The van der Waals surface area contributed by atoms with Crippen LogP contribution < -0.4 is 4.90 Å². The second kappa shape index (κ2) is 9.19. The number of rotatable bonds is 4. The fraction of sp³-hybridized carbons (Fsp3) is 0.0769. The van der Waals surface area contributed by atoms with Gasteiger partial charge in [0.05, 0.1) is 0 Å². The Kier molecular flexibility index (Phi) is 5.42. The van der Waals surface area contributed by atoms with Crippen molar-refractivity contribution in [1.82, 2.24) is 0 Å². The molecule has 0 saturated heterocycles. The highest BCUT2D eigenvalue weighted by Gasteiger charge is 2.35. The van der Waals surface area contributed by atoms with Crippen LogP contribution in [-0.4, -0.2) is 0 Å². The maximum Gasteiger partial charge on any atom is 0.0468 e. The second-order valence-electron chi connectivity index (χ2n) is 11.4. The summed E-state index contributed by atoms with van der Waals surface area (Å²) in [6.07, 6.45) is 0. The first-order chi connectivity index (χ1) is 20.1. The van der Waals surface area contributed by atoms with Crippen molar-refractivity contribution in [1.29, 1.82) is 0 Å². The summed E-state index contributed by atoms with van der Waals surface area (Å²) in [5.74, 6) is 0. The van der Waals surface area contributed by atoms with E-state index in [4.69, 9.17) is 0 Å². The summed E-state index contributed by atoms with van der Waals surface area (Å²) in [7, 11) is 0. The third kappa shape index (κ3) is 3.83. The molecule has 1 aromatic heterocycles. The Labute approximate surface area is 245 Å². The first-order valence-electron chi connectivity index (χ1n) is 14.2. The zero-order chi connectivity index (χ0) is 27.6. The molecule has 6 aromatic carbocycles. The van der Waals surface area contributed by atoms with Gasteiger partial charge in [0.15, 0.2) is 0 Å². The molecule has 0 radical (unpaired) electrons. The van der Waals surface area contributed by atoms with E-state index in [9.17, 15) is 0 Å². The third-order valence-corrected chi connectivity index (χ3v) is 9.81. The Bertz CT molecular complexity index is 2080. The summed E-state index contributed by atoms with van der Waals surface area (Å²) in [5, 5.41) is 2.62. The fourth-order valence-electron chi connectivity index (χ4n) is 6.59. The predicted octanol–water partition coefficient (Wildman–Crippen LogP) is 11.5. The molecule has 41 heavy (non-hydrogen) atoms. The summed E-state index contributed by atoms with van der Waals surface area (Å²) in [4.78, 5) is 2.43. The Morgan fingerprint density at radius 1 is 0.463 bits per heavy atom. The maximum atomic E-state index is 2.43. The van der Waals surface area contributed by atoms with Gasteiger partial charge in [-0.25, -0.2) is 0 Å². The molecule has 8 rings (SSSR count). The number of hydrogen-bond acceptors (Lipinski definition) is 2. The molecule has 0 amide bonds. The summed E-state index contributed by atoms with van der Waals surface area (Å²) in [6.45, 7) is 4.71. The van der Waals surface area contributed by atoms with Crippen molar-refractivity contribution in [3.63, 3.8) is 0 Å². The van der Waals surface area contributed by atoms with Crippen LogP contribution in [0, 0.1) is 0 Å². The van der Waals surface area contributed by atoms with E-state index in [1.807, 2.05) is 11.3 Å². The highest BCUT2D eigenvalue weighted by atomic mass is 32.1. The molecule has 0 fully saturated rings. The number of anilines is 3. The lowest BCUT2D eigenvalue weighted by Crippen LogP contribution is -2.16. The van der Waals surface area contributed by atoms with Crippen LogP contribution >= 0.6 is 11.3 Å².